The van der Waals surface area contributed by atoms with E-state index in [2.05, 4.69) is 16.8 Å². The number of rotatable bonds is 1. The fraction of sp³-hybridized carbons (Fsp3) is 0.462. The Morgan fingerprint density at radius 1 is 1.39 bits per heavy atom. The average Bonchev–Trinajstić information content (AvgIpc) is 2.74. The second-order valence-electron chi connectivity index (χ2n) is 4.75. The van der Waals surface area contributed by atoms with Gasteiger partial charge in [-0.3, -0.25) is 0 Å². The molecule has 0 radical (unpaired) electrons. The monoisotopic (exact) mass is 250 g/mol. The standard InChI is InChI=1S/C13H15FN2O2/c1-8-7-17-9(2)6-16(8)13-15-11-5-10(14)3-4-12(11)18-13/h3-5,8-9H,6-7H2,1-2H3/t8-,9+/m0/s1. The average molecular weight is 250 g/mol. The number of ether oxygens (including phenoxy) is 1. The van der Waals surface area contributed by atoms with Crippen molar-refractivity contribution in [3.05, 3.63) is 24.0 Å². The van der Waals surface area contributed by atoms with Gasteiger partial charge in [-0.15, -0.1) is 0 Å². The third kappa shape index (κ3) is 1.95. The van der Waals surface area contributed by atoms with Gasteiger partial charge in [-0.1, -0.05) is 0 Å². The first-order valence-electron chi connectivity index (χ1n) is 6.08. The van der Waals surface area contributed by atoms with Crippen LogP contribution in [-0.2, 0) is 4.74 Å². The molecule has 1 aromatic carbocycles. The molecule has 1 aliphatic heterocycles. The molecule has 0 amide bonds. The Morgan fingerprint density at radius 2 is 2.22 bits per heavy atom. The molecule has 18 heavy (non-hydrogen) atoms. The van der Waals surface area contributed by atoms with Crippen LogP contribution in [0.4, 0.5) is 10.4 Å². The van der Waals surface area contributed by atoms with Crippen molar-refractivity contribution in [1.29, 1.82) is 0 Å². The molecule has 0 N–H and O–H groups in total. The summed E-state index contributed by atoms with van der Waals surface area (Å²) in [5, 5.41) is 0. The Morgan fingerprint density at radius 3 is 3.06 bits per heavy atom. The van der Waals surface area contributed by atoms with E-state index in [9.17, 15) is 4.39 Å². The Labute approximate surface area is 104 Å². The largest absolute Gasteiger partial charge is 0.423 e. The second kappa shape index (κ2) is 4.24. The van der Waals surface area contributed by atoms with E-state index in [-0.39, 0.29) is 18.0 Å². The maximum absolute atomic E-state index is 13.1. The maximum Gasteiger partial charge on any atom is 0.298 e. The lowest BCUT2D eigenvalue weighted by molar-refractivity contribution is 0.0324. The predicted octanol–water partition coefficient (Wildman–Crippen LogP) is 2.58. The van der Waals surface area contributed by atoms with E-state index in [1.165, 1.54) is 12.1 Å². The molecule has 1 saturated heterocycles. The number of aromatic nitrogens is 1. The number of benzene rings is 1. The lowest BCUT2D eigenvalue weighted by atomic mass is 10.2. The van der Waals surface area contributed by atoms with Gasteiger partial charge in [0.05, 0.1) is 18.8 Å². The SMILES string of the molecule is C[C@@H]1CN(c2nc3cc(F)ccc3o2)[C@@H](C)CO1. The highest BCUT2D eigenvalue weighted by Crippen LogP contribution is 2.26. The minimum Gasteiger partial charge on any atom is -0.423 e. The number of oxazole rings is 1. The van der Waals surface area contributed by atoms with Gasteiger partial charge in [0.2, 0.25) is 0 Å². The van der Waals surface area contributed by atoms with Crippen molar-refractivity contribution in [3.8, 4) is 0 Å². The minimum absolute atomic E-state index is 0.146. The summed E-state index contributed by atoms with van der Waals surface area (Å²) in [6.07, 6.45) is 0.146. The summed E-state index contributed by atoms with van der Waals surface area (Å²) in [6, 6.07) is 5.12. The molecule has 2 heterocycles. The van der Waals surface area contributed by atoms with E-state index in [0.717, 1.165) is 6.54 Å². The van der Waals surface area contributed by atoms with E-state index >= 15 is 0 Å². The first kappa shape index (κ1) is 11.5. The van der Waals surface area contributed by atoms with E-state index < -0.39 is 0 Å². The van der Waals surface area contributed by atoms with Crippen LogP contribution in [0.2, 0.25) is 0 Å². The maximum atomic E-state index is 13.1. The van der Waals surface area contributed by atoms with E-state index in [0.29, 0.717) is 23.7 Å². The number of morpholine rings is 1. The smallest absolute Gasteiger partial charge is 0.298 e. The van der Waals surface area contributed by atoms with E-state index in [1.807, 2.05) is 6.92 Å². The molecule has 2 atom stereocenters. The molecule has 1 fully saturated rings. The molecule has 1 aromatic heterocycles. The molecule has 1 aliphatic rings. The minimum atomic E-state index is -0.300. The van der Waals surface area contributed by atoms with Crippen LogP contribution in [-0.4, -0.2) is 30.3 Å². The Balaban J connectivity index is 1.97. The van der Waals surface area contributed by atoms with Gasteiger partial charge in [0, 0.05) is 12.6 Å². The van der Waals surface area contributed by atoms with Crippen LogP contribution < -0.4 is 4.90 Å². The second-order valence-corrected chi connectivity index (χ2v) is 4.75. The Bertz CT molecular complexity index is 569. The highest BCUT2D eigenvalue weighted by atomic mass is 19.1. The molecule has 4 nitrogen and oxygen atoms in total. The molecule has 0 saturated carbocycles. The van der Waals surface area contributed by atoms with Crippen molar-refractivity contribution < 1.29 is 13.5 Å². The third-order valence-corrected chi connectivity index (χ3v) is 3.19. The summed E-state index contributed by atoms with van der Waals surface area (Å²) in [7, 11) is 0. The van der Waals surface area contributed by atoms with Crippen LogP contribution in [0.3, 0.4) is 0 Å². The number of hydrogen-bond donors (Lipinski definition) is 0. The molecule has 2 aromatic rings. The van der Waals surface area contributed by atoms with Gasteiger partial charge < -0.3 is 14.1 Å². The van der Waals surface area contributed by atoms with Crippen molar-refractivity contribution in [2.24, 2.45) is 0 Å². The van der Waals surface area contributed by atoms with Gasteiger partial charge in [0.1, 0.15) is 11.3 Å². The van der Waals surface area contributed by atoms with Gasteiger partial charge in [0.25, 0.3) is 6.01 Å². The van der Waals surface area contributed by atoms with Crippen LogP contribution in [0, 0.1) is 5.82 Å². The molecule has 0 bridgehead atoms. The lowest BCUT2D eigenvalue weighted by Crippen LogP contribution is -2.47. The summed E-state index contributed by atoms with van der Waals surface area (Å²) in [5.74, 6) is -0.300. The lowest BCUT2D eigenvalue weighted by Gasteiger charge is -2.35. The normalized spacial score (nSPS) is 24.7. The van der Waals surface area contributed by atoms with E-state index in [4.69, 9.17) is 9.15 Å². The molecule has 0 aliphatic carbocycles. The van der Waals surface area contributed by atoms with Crippen LogP contribution >= 0.6 is 0 Å². The van der Waals surface area contributed by atoms with Crippen molar-refractivity contribution in [3.63, 3.8) is 0 Å². The quantitative estimate of drug-likeness (QED) is 0.779. The summed E-state index contributed by atoms with van der Waals surface area (Å²) < 4.78 is 24.3. The number of anilines is 1. The number of halogens is 1. The van der Waals surface area contributed by atoms with Gasteiger partial charge in [0.15, 0.2) is 5.58 Å². The molecule has 5 heteroatoms. The fourth-order valence-corrected chi connectivity index (χ4v) is 2.18. The Kier molecular flexibility index (Phi) is 2.70. The molecule has 3 rings (SSSR count). The Hall–Kier alpha value is -1.62. The topological polar surface area (TPSA) is 38.5 Å². The highest BCUT2D eigenvalue weighted by Gasteiger charge is 2.27. The zero-order valence-electron chi connectivity index (χ0n) is 10.4. The van der Waals surface area contributed by atoms with Crippen LogP contribution in [0.15, 0.2) is 22.6 Å². The van der Waals surface area contributed by atoms with Crippen molar-refractivity contribution in [2.75, 3.05) is 18.1 Å². The van der Waals surface area contributed by atoms with Crippen LogP contribution in [0.25, 0.3) is 11.1 Å². The van der Waals surface area contributed by atoms with Crippen LogP contribution in [0.1, 0.15) is 13.8 Å². The summed E-state index contributed by atoms with van der Waals surface area (Å²) >= 11 is 0. The molecule has 0 unspecified atom stereocenters. The third-order valence-electron chi connectivity index (χ3n) is 3.19. The molecular formula is C13H15FN2O2. The zero-order chi connectivity index (χ0) is 12.7. The predicted molar refractivity (Wildman–Crippen MR) is 66.2 cm³/mol. The number of fused-ring (bicyclic) bond motifs is 1. The van der Waals surface area contributed by atoms with Crippen molar-refractivity contribution in [1.82, 2.24) is 4.98 Å². The number of hydrogen-bond acceptors (Lipinski definition) is 4. The van der Waals surface area contributed by atoms with Gasteiger partial charge >= 0.3 is 0 Å². The summed E-state index contributed by atoms with van der Waals surface area (Å²) in [6.45, 7) is 5.45. The first-order chi connectivity index (χ1) is 8.63. The molecule has 0 spiro atoms. The van der Waals surface area contributed by atoms with Gasteiger partial charge in [-0.25, -0.2) is 4.39 Å². The fourth-order valence-electron chi connectivity index (χ4n) is 2.18. The number of nitrogens with zero attached hydrogens (tertiary/aromatic N) is 2. The van der Waals surface area contributed by atoms with Crippen molar-refractivity contribution >= 4 is 17.1 Å². The molecular weight excluding hydrogens is 235 g/mol. The summed E-state index contributed by atoms with van der Waals surface area (Å²) in [5.41, 5.74) is 1.16. The summed E-state index contributed by atoms with van der Waals surface area (Å²) in [4.78, 5) is 6.41. The van der Waals surface area contributed by atoms with Gasteiger partial charge in [-0.2, -0.15) is 4.98 Å². The first-order valence-corrected chi connectivity index (χ1v) is 6.08. The van der Waals surface area contributed by atoms with E-state index in [1.54, 1.807) is 6.07 Å². The highest BCUT2D eigenvalue weighted by molar-refractivity contribution is 5.74. The zero-order valence-corrected chi connectivity index (χ0v) is 10.4. The van der Waals surface area contributed by atoms with Crippen LogP contribution in [0.5, 0.6) is 0 Å². The van der Waals surface area contributed by atoms with Crippen molar-refractivity contribution in [2.45, 2.75) is 26.0 Å². The molecule has 96 valence electrons. The van der Waals surface area contributed by atoms with Gasteiger partial charge in [-0.05, 0) is 26.0 Å².